The molecule has 6 nitrogen and oxygen atoms in total. The lowest BCUT2D eigenvalue weighted by atomic mass is 10.1. The Bertz CT molecular complexity index is 875. The van der Waals surface area contributed by atoms with E-state index >= 15 is 0 Å². The third kappa shape index (κ3) is 3.11. The van der Waals surface area contributed by atoms with Crippen molar-refractivity contribution in [2.75, 3.05) is 13.7 Å². The fraction of sp³-hybridized carbons (Fsp3) is 0.235. The molecule has 0 saturated heterocycles. The van der Waals surface area contributed by atoms with Gasteiger partial charge in [0.1, 0.15) is 5.56 Å². The molecule has 0 aliphatic rings. The van der Waals surface area contributed by atoms with Gasteiger partial charge in [0.15, 0.2) is 5.65 Å². The lowest BCUT2D eigenvalue weighted by Gasteiger charge is -2.09. The normalized spacial score (nSPS) is 11.0. The van der Waals surface area contributed by atoms with Gasteiger partial charge in [0.2, 0.25) is 0 Å². The lowest BCUT2D eigenvalue weighted by molar-refractivity contribution is 0.0519. The van der Waals surface area contributed by atoms with Crippen LogP contribution >= 0.6 is 11.6 Å². The molecule has 0 radical (unpaired) electrons. The van der Waals surface area contributed by atoms with Crippen LogP contribution in [0.15, 0.2) is 36.5 Å². The van der Waals surface area contributed by atoms with E-state index in [1.165, 1.54) is 6.20 Å². The summed E-state index contributed by atoms with van der Waals surface area (Å²) in [5, 5.41) is 5.22. The summed E-state index contributed by atoms with van der Waals surface area (Å²) in [6.45, 7) is 2.26. The summed E-state index contributed by atoms with van der Waals surface area (Å²) in [7, 11) is 1.56. The molecule has 2 aromatic heterocycles. The molecular weight excluding hydrogens is 330 g/mol. The van der Waals surface area contributed by atoms with Crippen molar-refractivity contribution in [1.82, 2.24) is 14.6 Å². The average molecular weight is 346 g/mol. The summed E-state index contributed by atoms with van der Waals surface area (Å²) in [5.41, 5.74) is 3.21. The summed E-state index contributed by atoms with van der Waals surface area (Å²) in [4.78, 5) is 16.4. The van der Waals surface area contributed by atoms with Crippen LogP contribution in [0.25, 0.3) is 16.9 Å². The number of fused-ring (bicyclic) bond motifs is 1. The average Bonchev–Trinajstić information content (AvgIpc) is 3.00. The molecule has 7 heteroatoms. The fourth-order valence-electron chi connectivity index (χ4n) is 2.40. The summed E-state index contributed by atoms with van der Waals surface area (Å²) >= 11 is 5.92. The van der Waals surface area contributed by atoms with Gasteiger partial charge in [0.05, 0.1) is 24.6 Å². The van der Waals surface area contributed by atoms with Crippen LogP contribution in [0.3, 0.4) is 0 Å². The van der Waals surface area contributed by atoms with Crippen molar-refractivity contribution in [3.63, 3.8) is 0 Å². The van der Waals surface area contributed by atoms with Gasteiger partial charge >= 0.3 is 5.97 Å². The highest BCUT2D eigenvalue weighted by Crippen LogP contribution is 2.23. The van der Waals surface area contributed by atoms with Crippen LogP contribution in [-0.4, -0.2) is 34.3 Å². The maximum Gasteiger partial charge on any atom is 0.341 e. The van der Waals surface area contributed by atoms with Gasteiger partial charge in [-0.25, -0.2) is 14.3 Å². The number of aromatic nitrogens is 3. The third-order valence-electron chi connectivity index (χ3n) is 3.50. The van der Waals surface area contributed by atoms with Gasteiger partial charge in [0, 0.05) is 30.0 Å². The minimum Gasteiger partial charge on any atom is -0.462 e. The van der Waals surface area contributed by atoms with Crippen molar-refractivity contribution in [1.29, 1.82) is 0 Å². The number of methoxy groups -OCH3 is 1. The molecule has 0 aliphatic heterocycles. The Kier molecular flexibility index (Phi) is 4.78. The van der Waals surface area contributed by atoms with Gasteiger partial charge < -0.3 is 9.47 Å². The topological polar surface area (TPSA) is 65.7 Å². The van der Waals surface area contributed by atoms with Gasteiger partial charge in [0.25, 0.3) is 0 Å². The van der Waals surface area contributed by atoms with Crippen LogP contribution in [0, 0.1) is 0 Å². The van der Waals surface area contributed by atoms with Gasteiger partial charge in [-0.3, -0.25) is 0 Å². The van der Waals surface area contributed by atoms with Crippen molar-refractivity contribution in [3.05, 3.63) is 52.8 Å². The summed E-state index contributed by atoms with van der Waals surface area (Å²) < 4.78 is 11.9. The van der Waals surface area contributed by atoms with Crippen LogP contribution in [0.5, 0.6) is 0 Å². The van der Waals surface area contributed by atoms with E-state index in [1.807, 2.05) is 18.2 Å². The zero-order valence-corrected chi connectivity index (χ0v) is 14.1. The minimum absolute atomic E-state index is 0.217. The van der Waals surface area contributed by atoms with Crippen LogP contribution in [0.2, 0.25) is 5.02 Å². The second kappa shape index (κ2) is 6.98. The molecule has 0 spiro atoms. The van der Waals surface area contributed by atoms with Gasteiger partial charge in [-0.15, -0.1) is 0 Å². The molecule has 0 N–H and O–H groups in total. The van der Waals surface area contributed by atoms with E-state index in [2.05, 4.69) is 10.1 Å². The number of benzene rings is 1. The number of halogens is 1. The second-order valence-electron chi connectivity index (χ2n) is 5.08. The van der Waals surface area contributed by atoms with Crippen LogP contribution in [0.1, 0.15) is 23.0 Å². The summed E-state index contributed by atoms with van der Waals surface area (Å²) in [5.74, 6) is -0.442. The van der Waals surface area contributed by atoms with Crippen LogP contribution < -0.4 is 0 Å². The number of hydrogen-bond donors (Lipinski definition) is 0. The maximum absolute atomic E-state index is 12.1. The molecule has 0 fully saturated rings. The molecule has 24 heavy (non-hydrogen) atoms. The van der Waals surface area contributed by atoms with Crippen LogP contribution in [-0.2, 0) is 16.1 Å². The smallest absolute Gasteiger partial charge is 0.341 e. The number of esters is 1. The predicted octanol–water partition coefficient (Wildman–Crippen LogP) is 3.37. The molecule has 3 aromatic rings. The first kappa shape index (κ1) is 16.4. The van der Waals surface area contributed by atoms with Crippen molar-refractivity contribution < 1.29 is 14.3 Å². The Morgan fingerprint density at radius 2 is 2.04 bits per heavy atom. The van der Waals surface area contributed by atoms with Gasteiger partial charge in [-0.1, -0.05) is 23.7 Å². The Balaban J connectivity index is 2.12. The number of rotatable bonds is 5. The molecule has 1 aromatic carbocycles. The number of hydrogen-bond acceptors (Lipinski definition) is 5. The SMILES string of the molecule is CCOC(=O)c1cnc2cc(-c3ccc(Cl)cc3)nn2c1COC. The molecule has 3 rings (SSSR count). The first-order valence-corrected chi connectivity index (χ1v) is 7.81. The number of carbonyl (C=O) groups is 1. The van der Waals surface area contributed by atoms with E-state index < -0.39 is 5.97 Å². The van der Waals surface area contributed by atoms with Crippen LogP contribution in [0.4, 0.5) is 0 Å². The Morgan fingerprint density at radius 3 is 2.71 bits per heavy atom. The van der Waals surface area contributed by atoms with Crippen molar-refractivity contribution >= 4 is 23.2 Å². The maximum atomic E-state index is 12.1. The molecule has 0 atom stereocenters. The summed E-state index contributed by atoms with van der Waals surface area (Å²) in [6, 6.07) is 9.21. The molecule has 0 amide bonds. The zero-order chi connectivity index (χ0) is 17.1. The predicted molar refractivity (Wildman–Crippen MR) is 90.1 cm³/mol. The molecular formula is C17H16ClN3O3. The number of nitrogens with zero attached hydrogens (tertiary/aromatic N) is 3. The largest absolute Gasteiger partial charge is 0.462 e. The highest BCUT2D eigenvalue weighted by molar-refractivity contribution is 6.30. The van der Waals surface area contributed by atoms with E-state index in [4.69, 9.17) is 21.1 Å². The fourth-order valence-corrected chi connectivity index (χ4v) is 2.52. The Labute approximate surface area is 144 Å². The second-order valence-corrected chi connectivity index (χ2v) is 5.51. The Hall–Kier alpha value is -2.44. The third-order valence-corrected chi connectivity index (χ3v) is 3.75. The lowest BCUT2D eigenvalue weighted by Crippen LogP contribution is -2.14. The minimum atomic E-state index is -0.442. The highest BCUT2D eigenvalue weighted by Gasteiger charge is 2.18. The quantitative estimate of drug-likeness (QED) is 0.663. The molecule has 2 heterocycles. The van der Waals surface area contributed by atoms with Crippen molar-refractivity contribution in [3.8, 4) is 11.3 Å². The Morgan fingerprint density at radius 1 is 1.29 bits per heavy atom. The van der Waals surface area contributed by atoms with E-state index in [0.717, 1.165) is 11.3 Å². The first-order valence-electron chi connectivity index (χ1n) is 7.43. The number of ether oxygens (including phenoxy) is 2. The first-order chi connectivity index (χ1) is 11.6. The highest BCUT2D eigenvalue weighted by atomic mass is 35.5. The van der Waals surface area contributed by atoms with E-state index in [-0.39, 0.29) is 6.61 Å². The van der Waals surface area contributed by atoms with E-state index in [0.29, 0.717) is 28.5 Å². The molecule has 124 valence electrons. The monoisotopic (exact) mass is 345 g/mol. The molecule has 0 bridgehead atoms. The van der Waals surface area contributed by atoms with E-state index in [1.54, 1.807) is 30.7 Å². The zero-order valence-electron chi connectivity index (χ0n) is 13.3. The van der Waals surface area contributed by atoms with Gasteiger partial charge in [-0.2, -0.15) is 5.10 Å². The number of carbonyl (C=O) groups excluding carboxylic acids is 1. The molecule has 0 aliphatic carbocycles. The van der Waals surface area contributed by atoms with E-state index in [9.17, 15) is 4.79 Å². The summed E-state index contributed by atoms with van der Waals surface area (Å²) in [6.07, 6.45) is 1.50. The van der Waals surface area contributed by atoms with Gasteiger partial charge in [-0.05, 0) is 19.1 Å². The molecule has 0 saturated carbocycles. The standard InChI is InChI=1S/C17H16ClN3O3/c1-3-24-17(22)13-9-19-16-8-14(11-4-6-12(18)7-5-11)20-21(16)15(13)10-23-2/h4-9H,3,10H2,1-2H3. The van der Waals surface area contributed by atoms with Crippen molar-refractivity contribution in [2.24, 2.45) is 0 Å². The molecule has 0 unspecified atom stereocenters. The van der Waals surface area contributed by atoms with Crippen molar-refractivity contribution in [2.45, 2.75) is 13.5 Å².